The van der Waals surface area contributed by atoms with Gasteiger partial charge in [-0.05, 0) is 19.1 Å². The van der Waals surface area contributed by atoms with Gasteiger partial charge in [0.1, 0.15) is 0 Å². The molecule has 5 heteroatoms. The molecule has 0 unspecified atom stereocenters. The molecule has 0 radical (unpaired) electrons. The third-order valence-electron chi connectivity index (χ3n) is 2.86. The van der Waals surface area contributed by atoms with Crippen LogP contribution in [-0.4, -0.2) is 22.8 Å². The lowest BCUT2D eigenvalue weighted by Crippen LogP contribution is -2.32. The third kappa shape index (κ3) is 2.51. The summed E-state index contributed by atoms with van der Waals surface area (Å²) in [6, 6.07) is 6.33. The van der Waals surface area contributed by atoms with Gasteiger partial charge in [0, 0.05) is 0 Å². The minimum Gasteiger partial charge on any atom is -0.329 e. The van der Waals surface area contributed by atoms with Crippen molar-refractivity contribution in [3.05, 3.63) is 59.7 Å². The van der Waals surface area contributed by atoms with E-state index >= 15 is 0 Å². The number of imide groups is 1. The number of rotatable bonds is 4. The molecule has 1 aromatic rings. The highest BCUT2D eigenvalue weighted by molar-refractivity contribution is 6.20. The Labute approximate surface area is 116 Å². The van der Waals surface area contributed by atoms with Gasteiger partial charge in [-0.15, -0.1) is 0 Å². The molecule has 102 valence electrons. The maximum absolute atomic E-state index is 11.9. The molecule has 1 aliphatic rings. The number of hydrogen-bond donors (Lipinski definition) is 0. The van der Waals surface area contributed by atoms with E-state index in [1.807, 2.05) is 0 Å². The summed E-state index contributed by atoms with van der Waals surface area (Å²) < 4.78 is 0. The van der Waals surface area contributed by atoms with E-state index in [9.17, 15) is 14.4 Å². The molecule has 20 heavy (non-hydrogen) atoms. The van der Waals surface area contributed by atoms with Crippen LogP contribution in [-0.2, 0) is 9.63 Å². The number of hydrogen-bond acceptors (Lipinski definition) is 4. The fourth-order valence-corrected chi connectivity index (χ4v) is 1.72. The summed E-state index contributed by atoms with van der Waals surface area (Å²) in [4.78, 5) is 40.3. The quantitative estimate of drug-likeness (QED) is 0.622. The van der Waals surface area contributed by atoms with Gasteiger partial charge in [0.15, 0.2) is 0 Å². The Morgan fingerprint density at radius 3 is 2.30 bits per heavy atom. The molecule has 0 fully saturated rings. The number of nitrogens with zero attached hydrogens (tertiary/aromatic N) is 1. The lowest BCUT2D eigenvalue weighted by Gasteiger charge is -2.11. The molecule has 0 N–H and O–H groups in total. The van der Waals surface area contributed by atoms with Crippen molar-refractivity contribution in [2.75, 3.05) is 0 Å². The standard InChI is InChI=1S/C15H13NO4/c1-3-10(2)8-9-13(17)20-16-14(18)11-6-4-5-7-12(11)15(16)19/h3-8H,1,9H2,2H3/b10-8+. The molecule has 5 nitrogen and oxygen atoms in total. The van der Waals surface area contributed by atoms with Crippen LogP contribution in [0.2, 0.25) is 0 Å². The highest BCUT2D eigenvalue weighted by Gasteiger charge is 2.38. The smallest absolute Gasteiger partial charge is 0.329 e. The summed E-state index contributed by atoms with van der Waals surface area (Å²) in [7, 11) is 0. The molecule has 0 spiro atoms. The Kier molecular flexibility index (Phi) is 3.79. The molecule has 1 heterocycles. The fourth-order valence-electron chi connectivity index (χ4n) is 1.72. The molecular formula is C15H13NO4. The van der Waals surface area contributed by atoms with Crippen molar-refractivity contribution in [2.24, 2.45) is 0 Å². The average molecular weight is 271 g/mol. The first-order chi connectivity index (χ1) is 9.54. The second-order valence-corrected chi connectivity index (χ2v) is 4.27. The van der Waals surface area contributed by atoms with Crippen molar-refractivity contribution >= 4 is 17.8 Å². The van der Waals surface area contributed by atoms with Gasteiger partial charge in [0.2, 0.25) is 0 Å². The van der Waals surface area contributed by atoms with E-state index in [1.54, 1.807) is 31.2 Å². The molecule has 0 bridgehead atoms. The highest BCUT2D eigenvalue weighted by Crippen LogP contribution is 2.22. The van der Waals surface area contributed by atoms with E-state index in [0.29, 0.717) is 5.06 Å². The predicted molar refractivity (Wildman–Crippen MR) is 71.6 cm³/mol. The maximum Gasteiger partial charge on any atom is 0.336 e. The molecular weight excluding hydrogens is 258 g/mol. The van der Waals surface area contributed by atoms with Crippen LogP contribution in [0.3, 0.4) is 0 Å². The second kappa shape index (κ2) is 5.52. The molecule has 0 saturated carbocycles. The van der Waals surface area contributed by atoms with Crippen LogP contribution in [0.25, 0.3) is 0 Å². The Morgan fingerprint density at radius 1 is 1.25 bits per heavy atom. The molecule has 0 saturated heterocycles. The average Bonchev–Trinajstić information content (AvgIpc) is 2.70. The van der Waals surface area contributed by atoms with Gasteiger partial charge in [0.25, 0.3) is 11.8 Å². The van der Waals surface area contributed by atoms with Crippen molar-refractivity contribution in [1.29, 1.82) is 0 Å². The Balaban J connectivity index is 2.09. The van der Waals surface area contributed by atoms with Crippen molar-refractivity contribution in [2.45, 2.75) is 13.3 Å². The van der Waals surface area contributed by atoms with Crippen molar-refractivity contribution in [1.82, 2.24) is 5.06 Å². The normalized spacial score (nSPS) is 14.2. The zero-order chi connectivity index (χ0) is 14.7. The van der Waals surface area contributed by atoms with E-state index in [-0.39, 0.29) is 17.5 Å². The van der Waals surface area contributed by atoms with E-state index in [1.165, 1.54) is 12.1 Å². The van der Waals surface area contributed by atoms with Crippen LogP contribution < -0.4 is 0 Å². The van der Waals surface area contributed by atoms with Crippen LogP contribution in [0, 0.1) is 0 Å². The van der Waals surface area contributed by atoms with Gasteiger partial charge >= 0.3 is 5.97 Å². The zero-order valence-electron chi connectivity index (χ0n) is 11.0. The largest absolute Gasteiger partial charge is 0.336 e. The van der Waals surface area contributed by atoms with E-state index in [4.69, 9.17) is 4.84 Å². The lowest BCUT2D eigenvalue weighted by molar-refractivity contribution is -0.167. The van der Waals surface area contributed by atoms with Gasteiger partial charge in [-0.25, -0.2) is 4.79 Å². The lowest BCUT2D eigenvalue weighted by atomic mass is 10.1. The van der Waals surface area contributed by atoms with Crippen LogP contribution in [0.15, 0.2) is 48.6 Å². The molecule has 1 aromatic carbocycles. The SMILES string of the molecule is C=C/C(C)=C/CC(=O)ON1C(=O)c2ccccc2C1=O. The summed E-state index contributed by atoms with van der Waals surface area (Å²) in [5.74, 6) is -1.92. The van der Waals surface area contributed by atoms with E-state index in [2.05, 4.69) is 6.58 Å². The third-order valence-corrected chi connectivity index (χ3v) is 2.86. The van der Waals surface area contributed by atoms with Crippen LogP contribution in [0.4, 0.5) is 0 Å². The van der Waals surface area contributed by atoms with E-state index in [0.717, 1.165) is 5.57 Å². The molecule has 0 aromatic heterocycles. The molecule has 2 rings (SSSR count). The van der Waals surface area contributed by atoms with Gasteiger partial charge < -0.3 is 4.84 Å². The Morgan fingerprint density at radius 2 is 1.80 bits per heavy atom. The van der Waals surface area contributed by atoms with Crippen LogP contribution in [0.1, 0.15) is 34.1 Å². The molecule has 0 atom stereocenters. The van der Waals surface area contributed by atoms with Crippen molar-refractivity contribution in [3.63, 3.8) is 0 Å². The maximum atomic E-state index is 11.9. The van der Waals surface area contributed by atoms with Crippen LogP contribution in [0.5, 0.6) is 0 Å². The Hall–Kier alpha value is -2.69. The minimum atomic E-state index is -0.680. The Bertz CT molecular complexity index is 596. The van der Waals surface area contributed by atoms with Gasteiger partial charge in [-0.2, -0.15) is 0 Å². The number of carbonyl (C=O) groups is 3. The topological polar surface area (TPSA) is 63.7 Å². The summed E-state index contributed by atoms with van der Waals surface area (Å²) in [6.07, 6.45) is 3.16. The first-order valence-electron chi connectivity index (χ1n) is 6.02. The zero-order valence-corrected chi connectivity index (χ0v) is 11.0. The van der Waals surface area contributed by atoms with Gasteiger partial charge in [0.05, 0.1) is 17.5 Å². The molecule has 2 amide bonds. The number of hydroxylamine groups is 2. The predicted octanol–water partition coefficient (Wildman–Crippen LogP) is 2.26. The summed E-state index contributed by atoms with van der Waals surface area (Å²) in [5.41, 5.74) is 1.29. The van der Waals surface area contributed by atoms with E-state index < -0.39 is 17.8 Å². The fraction of sp³-hybridized carbons (Fsp3) is 0.133. The minimum absolute atomic E-state index is 0.0364. The highest BCUT2D eigenvalue weighted by atomic mass is 16.7. The van der Waals surface area contributed by atoms with Crippen molar-refractivity contribution in [3.8, 4) is 0 Å². The molecule has 1 aliphatic heterocycles. The van der Waals surface area contributed by atoms with Gasteiger partial charge in [-0.3, -0.25) is 9.59 Å². The van der Waals surface area contributed by atoms with Gasteiger partial charge in [-0.1, -0.05) is 41.5 Å². The monoisotopic (exact) mass is 271 g/mol. The number of fused-ring (bicyclic) bond motifs is 1. The number of allylic oxidation sites excluding steroid dienone is 2. The molecule has 0 aliphatic carbocycles. The second-order valence-electron chi connectivity index (χ2n) is 4.27. The summed E-state index contributed by atoms with van der Waals surface area (Å²) >= 11 is 0. The first kappa shape index (κ1) is 13.7. The number of benzene rings is 1. The first-order valence-corrected chi connectivity index (χ1v) is 6.02. The number of amides is 2. The summed E-state index contributed by atoms with van der Waals surface area (Å²) in [6.45, 7) is 5.33. The van der Waals surface area contributed by atoms with Crippen molar-refractivity contribution < 1.29 is 19.2 Å². The number of carbonyl (C=O) groups excluding carboxylic acids is 3. The summed E-state index contributed by atoms with van der Waals surface area (Å²) in [5, 5.41) is 0.504. The van der Waals surface area contributed by atoms with Crippen LogP contribution >= 0.6 is 0 Å².